The van der Waals surface area contributed by atoms with Gasteiger partial charge in [0.1, 0.15) is 33.5 Å². The van der Waals surface area contributed by atoms with Crippen LogP contribution in [0.1, 0.15) is 86.7 Å². The number of halogens is 4. The zero-order valence-electron chi connectivity index (χ0n) is 49.9. The molecule has 1 aromatic carbocycles. The van der Waals surface area contributed by atoms with Gasteiger partial charge in [0, 0.05) is 62.4 Å². The molecular weight excluding hydrogens is 1220 g/mol. The molecule has 0 unspecified atom stereocenters. The Balaban J connectivity index is 0.000000224. The Hall–Kier alpha value is -7.86. The number of amidine groups is 2. The van der Waals surface area contributed by atoms with Crippen LogP contribution in [0.5, 0.6) is 0 Å². The number of ether oxygens (including phenoxy) is 4. The van der Waals surface area contributed by atoms with E-state index < -0.39 is 91.9 Å². The number of methoxy groups -OCH3 is 2. The van der Waals surface area contributed by atoms with Gasteiger partial charge in [-0.05, 0) is 120 Å². The maximum absolute atomic E-state index is 15.6. The van der Waals surface area contributed by atoms with Gasteiger partial charge in [-0.1, -0.05) is 73.0 Å². The van der Waals surface area contributed by atoms with Crippen LogP contribution in [0.15, 0.2) is 100 Å². The van der Waals surface area contributed by atoms with Gasteiger partial charge in [0.15, 0.2) is 10.3 Å². The standard InChI is InChI=1S/C32H39F2N5O5SSi.C21H17F2N5O2S.C7H8O3S/c1-30(2,3)44-29(41)39(19-43-12-13-46(7,8)9)28-38-31(4,25-16-32(25,45-28)27(40)42-6)22-14-20(17-37-26(22)34)15-23(33)24-11-10-21(35-5)18-36-24;1-20(16-8-21(16,18(29)30-3)31-19(24)28-20)13-6-11(9-27-17(13)23)7-14(22)15-5-4-12(25-2)10-26-15;1-6-2-4-7(5-3-6)11(8,9)10/h10-11,14-15,17-18,25H,12-13,16,19H2,1-4,6-9H3;4-7,9-10,16H,8H2,1,3H3,(H2,24,28);2-5H,1H3,(H,8,9,10)/b23-15-;14-7-;/t25-,31+,32-;16-,20+,21-;/m00./s1. The third-order valence-corrected chi connectivity index (χ3v) is 19.8. The van der Waals surface area contributed by atoms with Crippen molar-refractivity contribution in [2.75, 3.05) is 27.6 Å². The average Bonchev–Trinajstić information content (AvgIpc) is 1.60. The summed E-state index contributed by atoms with van der Waals surface area (Å²) in [5.41, 5.74) is 4.76. The molecule has 2 aliphatic heterocycles. The van der Waals surface area contributed by atoms with Crippen LogP contribution in [0.4, 0.5) is 33.7 Å². The first-order valence-corrected chi connectivity index (χ1v) is 33.8. The molecule has 20 nitrogen and oxygen atoms in total. The number of nitrogens with zero attached hydrogens (tertiary/aromatic N) is 9. The second-order valence-electron chi connectivity index (χ2n) is 23.4. The molecule has 2 saturated carbocycles. The van der Waals surface area contributed by atoms with Gasteiger partial charge in [0.2, 0.25) is 23.3 Å². The van der Waals surface area contributed by atoms with Crippen molar-refractivity contribution in [3.8, 4) is 0 Å². The van der Waals surface area contributed by atoms with Crippen molar-refractivity contribution < 1.29 is 63.9 Å². The van der Waals surface area contributed by atoms with E-state index in [-0.39, 0.29) is 68.1 Å². The summed E-state index contributed by atoms with van der Waals surface area (Å²) in [5.74, 6) is -4.83. The zero-order chi connectivity index (χ0) is 65.0. The van der Waals surface area contributed by atoms with Crippen molar-refractivity contribution >= 4 is 105 Å². The van der Waals surface area contributed by atoms with E-state index in [1.54, 1.807) is 46.8 Å². The highest BCUT2D eigenvalue weighted by Gasteiger charge is 2.73. The van der Waals surface area contributed by atoms with E-state index in [9.17, 15) is 31.6 Å². The number of amides is 1. The number of pyridine rings is 4. The Morgan fingerprint density at radius 1 is 0.773 bits per heavy atom. The van der Waals surface area contributed by atoms with E-state index in [1.165, 1.54) is 98.5 Å². The second kappa shape index (κ2) is 26.5. The molecule has 3 N–H and O–H groups in total. The summed E-state index contributed by atoms with van der Waals surface area (Å²) in [6, 6.07) is 15.4. The number of rotatable bonds is 14. The van der Waals surface area contributed by atoms with Crippen molar-refractivity contribution in [1.29, 1.82) is 0 Å². The Kier molecular flexibility index (Phi) is 20.3. The van der Waals surface area contributed by atoms with Crippen LogP contribution in [0, 0.1) is 43.8 Å². The molecule has 0 radical (unpaired) electrons. The van der Waals surface area contributed by atoms with E-state index in [4.69, 9.17) is 47.4 Å². The van der Waals surface area contributed by atoms with Gasteiger partial charge in [-0.15, -0.1) is 0 Å². The van der Waals surface area contributed by atoms with E-state index in [1.807, 2.05) is 6.92 Å². The molecule has 5 aromatic rings. The molecule has 2 aliphatic carbocycles. The lowest BCUT2D eigenvalue weighted by molar-refractivity contribution is -0.142. The third kappa shape index (κ3) is 15.5. The molecule has 88 heavy (non-hydrogen) atoms. The van der Waals surface area contributed by atoms with Crippen LogP contribution < -0.4 is 5.73 Å². The number of carbonyl (C=O) groups is 3. The van der Waals surface area contributed by atoms with Gasteiger partial charge in [0.05, 0.1) is 54.7 Å². The Morgan fingerprint density at radius 3 is 1.65 bits per heavy atom. The molecular formula is C60H64F4N10O10S3Si. The van der Waals surface area contributed by atoms with E-state index in [2.05, 4.69) is 54.3 Å². The maximum atomic E-state index is 15.6. The second-order valence-corrected chi connectivity index (χ2v) is 33.1. The summed E-state index contributed by atoms with van der Waals surface area (Å²) >= 11 is 2.19. The number of esters is 2. The van der Waals surface area contributed by atoms with Gasteiger partial charge in [0.25, 0.3) is 10.1 Å². The van der Waals surface area contributed by atoms with Crippen LogP contribution in [-0.4, -0.2) is 117 Å². The molecule has 0 spiro atoms. The van der Waals surface area contributed by atoms with Crippen LogP contribution in [0.3, 0.4) is 0 Å². The molecule has 9 rings (SSSR count). The van der Waals surface area contributed by atoms with Crippen molar-refractivity contribution in [3.05, 3.63) is 159 Å². The number of aliphatic imine (C=N–C) groups is 2. The fraction of sp³-hybridized carbons (Fsp3) is 0.383. The quantitative estimate of drug-likeness (QED) is 0.0121. The molecule has 6 atom stereocenters. The van der Waals surface area contributed by atoms with Crippen LogP contribution in [-0.2, 0) is 49.7 Å². The normalized spacial score (nSPS) is 22.8. The Labute approximate surface area is 517 Å². The monoisotopic (exact) mass is 1280 g/mol. The summed E-state index contributed by atoms with van der Waals surface area (Å²) in [4.78, 5) is 71.6. The predicted molar refractivity (Wildman–Crippen MR) is 330 cm³/mol. The summed E-state index contributed by atoms with van der Waals surface area (Å²) in [5, 5.41) is 0.261. The maximum Gasteiger partial charge on any atom is 0.418 e. The SMILES string of the molecule is Cc1ccc(S(=O)(=O)O)cc1.[C-]#[N+]c1ccc(/C(F)=C/c2cnc(F)c([C@@]3(C)N=C(N(COCC[Si](C)(C)C)C(=O)OC(C)(C)C)S[C@@]4(C(=O)OC)C[C@H]43)c2)nc1.[C-]#[N+]c1ccc(/C(F)=C/c2cnc(F)c([C@@]3(C)N=C(N)S[C@@]4(C(=O)OC)C[C@H]43)c2)nc1. The highest BCUT2D eigenvalue weighted by atomic mass is 32.2. The van der Waals surface area contributed by atoms with Gasteiger partial charge in [-0.2, -0.15) is 17.2 Å². The minimum absolute atomic E-state index is 0.00658. The predicted octanol–water partition coefficient (Wildman–Crippen LogP) is 12.5. The zero-order valence-corrected chi connectivity index (χ0v) is 53.3. The molecule has 2 fully saturated rings. The largest absolute Gasteiger partial charge is 0.468 e. The van der Waals surface area contributed by atoms with E-state index >= 15 is 8.78 Å². The fourth-order valence-corrected chi connectivity index (χ4v) is 13.9. The number of benzene rings is 1. The van der Waals surface area contributed by atoms with Crippen molar-refractivity contribution in [3.63, 3.8) is 0 Å². The lowest BCUT2D eigenvalue weighted by Crippen LogP contribution is -2.47. The van der Waals surface area contributed by atoms with Crippen molar-refractivity contribution in [2.45, 2.75) is 111 Å². The summed E-state index contributed by atoms with van der Waals surface area (Å²) in [6.45, 7) is 31.2. The molecule has 6 heterocycles. The van der Waals surface area contributed by atoms with Crippen LogP contribution >= 0.6 is 23.5 Å². The molecule has 4 aliphatic rings. The van der Waals surface area contributed by atoms with Crippen LogP contribution in [0.2, 0.25) is 25.7 Å². The highest BCUT2D eigenvalue weighted by Crippen LogP contribution is 2.68. The number of aromatic nitrogens is 4. The fourth-order valence-electron chi connectivity index (χ4n) is 9.66. The van der Waals surface area contributed by atoms with Gasteiger partial charge in [-0.25, -0.2) is 38.1 Å². The van der Waals surface area contributed by atoms with Gasteiger partial charge >= 0.3 is 18.0 Å². The number of carbonyl (C=O) groups excluding carboxylic acids is 3. The molecule has 4 aromatic heterocycles. The summed E-state index contributed by atoms with van der Waals surface area (Å²) < 4.78 is 109. The Morgan fingerprint density at radius 2 is 1.24 bits per heavy atom. The topological polar surface area (TPSA) is 257 Å². The first kappa shape index (κ1) is 67.6. The molecule has 0 saturated heterocycles. The summed E-state index contributed by atoms with van der Waals surface area (Å²) in [7, 11) is -2.89. The molecule has 28 heteroatoms. The van der Waals surface area contributed by atoms with E-state index in [0.29, 0.717) is 24.3 Å². The number of fused-ring (bicyclic) bond motifs is 2. The number of thioether (sulfide) groups is 2. The third-order valence-electron chi connectivity index (χ3n) is 14.5. The van der Waals surface area contributed by atoms with Gasteiger partial charge < -0.3 is 24.7 Å². The number of hydrogen-bond acceptors (Lipinski definition) is 18. The highest BCUT2D eigenvalue weighted by molar-refractivity contribution is 8.16. The Bertz CT molecular complexity index is 3840. The lowest BCUT2D eigenvalue weighted by Gasteiger charge is -2.37. The van der Waals surface area contributed by atoms with Crippen molar-refractivity contribution in [1.82, 2.24) is 24.8 Å². The van der Waals surface area contributed by atoms with Crippen LogP contribution in [0.25, 0.3) is 33.5 Å². The lowest BCUT2D eigenvalue weighted by atomic mass is 9.86. The van der Waals surface area contributed by atoms with Gasteiger partial charge in [-0.3, -0.25) is 34.1 Å². The number of aryl methyl sites for hydroxylation is 1. The minimum atomic E-state index is -4.02. The van der Waals surface area contributed by atoms with E-state index in [0.717, 1.165) is 41.2 Å². The molecule has 0 bridgehead atoms. The molecule has 464 valence electrons. The smallest absolute Gasteiger partial charge is 0.418 e. The summed E-state index contributed by atoms with van der Waals surface area (Å²) in [6.07, 6.45) is 7.20. The molecule has 1 amide bonds. The average molecular weight is 1290 g/mol. The first-order valence-electron chi connectivity index (χ1n) is 27.0. The number of hydrogen-bond donors (Lipinski definition) is 2. The first-order chi connectivity index (χ1) is 41.1. The van der Waals surface area contributed by atoms with Crippen molar-refractivity contribution in [2.24, 2.45) is 27.6 Å². The minimum Gasteiger partial charge on any atom is -0.468 e. The number of nitrogens with two attached hydrogens (primary N) is 1.